The Labute approximate surface area is 494 Å². The van der Waals surface area contributed by atoms with Crippen molar-refractivity contribution in [2.75, 3.05) is 9.80 Å². The topological polar surface area (TPSA) is 46.7 Å². The molecule has 11 aromatic rings. The predicted octanol–water partition coefficient (Wildman–Crippen LogP) is 20.3. The molecule has 1 aliphatic heterocycles. The molecule has 4 heterocycles. The van der Waals surface area contributed by atoms with Crippen LogP contribution in [0.3, 0.4) is 0 Å². The first-order valence-corrected chi connectivity index (χ1v) is 27.4. The normalized spacial score (nSPS) is 14.1. The Morgan fingerprint density at radius 2 is 1.15 bits per heavy atom. The number of fused-ring (bicyclic) bond motifs is 8. The molecule has 0 spiro atoms. The Hall–Kier alpha value is -7.40. The minimum Gasteiger partial charge on any atom is -0.509 e. The number of rotatable bonds is 7. The van der Waals surface area contributed by atoms with Gasteiger partial charge in [0.25, 0.3) is 0 Å². The van der Waals surface area contributed by atoms with Crippen molar-refractivity contribution in [1.29, 1.82) is 0 Å². The number of benzene rings is 8. The van der Waals surface area contributed by atoms with Gasteiger partial charge >= 0.3 is 0 Å². The molecule has 0 amide bonds. The zero-order chi connectivity index (χ0) is 60.0. The Morgan fingerprint density at radius 3 is 1.81 bits per heavy atom. The van der Waals surface area contributed by atoms with Crippen LogP contribution in [0, 0.1) is 39.6 Å². The molecule has 408 valence electrons. The van der Waals surface area contributed by atoms with Crippen molar-refractivity contribution in [3.05, 3.63) is 209 Å². The molecule has 80 heavy (non-hydrogen) atoms. The number of hydrogen-bond acceptors (Lipinski definition) is 5. The molecule has 7 heteroatoms. The van der Waals surface area contributed by atoms with E-state index in [0.717, 1.165) is 99.9 Å². The van der Waals surface area contributed by atoms with Crippen LogP contribution >= 0.6 is 0 Å². The van der Waals surface area contributed by atoms with Crippen molar-refractivity contribution in [2.24, 2.45) is 0 Å². The fourth-order valence-electron chi connectivity index (χ4n) is 11.3. The van der Waals surface area contributed by atoms with E-state index in [1.54, 1.807) is 0 Å². The van der Waals surface area contributed by atoms with E-state index >= 15 is 0 Å². The molecule has 0 N–H and O–H groups in total. The molecule has 0 unspecified atom stereocenters. The number of anilines is 4. The summed E-state index contributed by atoms with van der Waals surface area (Å²) in [5, 5.41) is 4.00. The summed E-state index contributed by atoms with van der Waals surface area (Å²) in [6.45, 7) is 34.8. The van der Waals surface area contributed by atoms with E-state index < -0.39 is 6.04 Å². The maximum atomic E-state index is 9.56. The van der Waals surface area contributed by atoms with Gasteiger partial charge < -0.3 is 23.5 Å². The molecule has 12 rings (SSSR count). The maximum absolute atomic E-state index is 9.56. The Bertz CT molecular complexity index is 4490. The fourth-order valence-corrected chi connectivity index (χ4v) is 11.3. The summed E-state index contributed by atoms with van der Waals surface area (Å²) < 4.78 is 61.7. The van der Waals surface area contributed by atoms with Gasteiger partial charge in [-0.15, -0.1) is 48.3 Å². The molecule has 0 saturated carbocycles. The van der Waals surface area contributed by atoms with Gasteiger partial charge in [-0.3, -0.25) is 0 Å². The van der Waals surface area contributed by atoms with Crippen molar-refractivity contribution in [2.45, 2.75) is 126 Å². The third kappa shape index (κ3) is 9.41. The number of aromatic nitrogens is 2. The number of furan rings is 1. The molecule has 0 saturated heterocycles. The Morgan fingerprint density at radius 1 is 0.550 bits per heavy atom. The second-order valence-corrected chi connectivity index (χ2v) is 25.6. The van der Waals surface area contributed by atoms with Crippen LogP contribution in [0.2, 0.25) is 0 Å². The van der Waals surface area contributed by atoms with Gasteiger partial charge in [-0.25, -0.2) is 4.98 Å². The van der Waals surface area contributed by atoms with Crippen molar-refractivity contribution in [3.8, 4) is 39.6 Å². The summed E-state index contributed by atoms with van der Waals surface area (Å²) >= 11 is 0. The number of nitrogens with zero attached hydrogens (tertiary/aromatic N) is 4. The summed E-state index contributed by atoms with van der Waals surface area (Å²) in [6.07, 6.45) is 1.88. The van der Waals surface area contributed by atoms with Crippen LogP contribution in [0.4, 0.5) is 22.7 Å². The average Bonchev–Trinajstić information content (AvgIpc) is 1.73. The van der Waals surface area contributed by atoms with Crippen LogP contribution < -0.4 is 14.5 Å². The van der Waals surface area contributed by atoms with E-state index in [2.05, 4.69) is 209 Å². The van der Waals surface area contributed by atoms with Gasteiger partial charge in [0.1, 0.15) is 17.0 Å². The molecule has 6 nitrogen and oxygen atoms in total. The van der Waals surface area contributed by atoms with E-state index in [0.29, 0.717) is 28.4 Å². The van der Waals surface area contributed by atoms with Crippen molar-refractivity contribution < 1.29 is 37.1 Å². The van der Waals surface area contributed by atoms with Crippen LogP contribution in [-0.2, 0) is 42.7 Å². The third-order valence-corrected chi connectivity index (χ3v) is 16.1. The SMILES string of the molecule is [2H]c1c([2H])c([2H])c(-c2c(C)c(C)c(C)c(-c3cc(C(C)(C)C)cc(C(C)(C)C)c3)c2N2[CH-]N(c3[c-]c(Oc4[c-]c5c(cc4)c4c6oc7ccccc7c6ccc4n5-c4cc(C(C)(C)C)ccn4)cc(C(C)(C)C)c3)c3ccccc32)c([2H])c1[2H].[Pt]. The largest absolute Gasteiger partial charge is 0.509 e. The summed E-state index contributed by atoms with van der Waals surface area (Å²) in [7, 11) is 0. The molecule has 0 atom stereocenters. The second-order valence-electron chi connectivity index (χ2n) is 25.6. The summed E-state index contributed by atoms with van der Waals surface area (Å²) in [4.78, 5) is 9.27. The standard InChI is InChI=1S/C73H71N4O2.Pt/c1-44-45(2)65(47-23-17-16-18-24-47)68(66(46(44)3)48-35-50(71(7,8)9)37-51(36-48)72(10,11)12)76-43-75(59-26-20-21-27-60(59)76)53-38-52(73(13,14)15)39-55(41-53)78-54-29-30-58-62(42-54)77(64-40-49(33-34-74-64)70(4,5)6)61-32-31-57-56-25-19-22-28-63(56)79-69(57)67(58)61;/h16-40,43H,1-15H3;/q-3;/i16D,17D,18D,23D,24D;. The number of hydrogen-bond donors (Lipinski definition) is 0. The molecule has 0 radical (unpaired) electrons. The third-order valence-electron chi connectivity index (χ3n) is 16.1. The van der Waals surface area contributed by atoms with Crippen LogP contribution in [0.5, 0.6) is 11.5 Å². The monoisotopic (exact) mass is 1240 g/mol. The first-order chi connectivity index (χ1) is 39.5. The van der Waals surface area contributed by atoms with Crippen LogP contribution in [0.15, 0.2) is 156 Å². The average molecular weight is 1240 g/mol. The van der Waals surface area contributed by atoms with Crippen molar-refractivity contribution in [3.63, 3.8) is 0 Å². The van der Waals surface area contributed by atoms with E-state index in [4.69, 9.17) is 18.3 Å². The van der Waals surface area contributed by atoms with Crippen LogP contribution in [0.25, 0.3) is 71.8 Å². The van der Waals surface area contributed by atoms with E-state index in [1.807, 2.05) is 49.5 Å². The van der Waals surface area contributed by atoms with E-state index in [-0.39, 0.29) is 72.5 Å². The number of para-hydroxylation sites is 3. The second kappa shape index (κ2) is 19.7. The van der Waals surface area contributed by atoms with E-state index in [9.17, 15) is 2.74 Å². The molecule has 3 aromatic heterocycles. The molecule has 0 fully saturated rings. The minimum atomic E-state index is -0.437. The predicted molar refractivity (Wildman–Crippen MR) is 331 cm³/mol. The molecule has 0 aliphatic carbocycles. The smallest absolute Gasteiger partial charge is 0.135 e. The van der Waals surface area contributed by atoms with Gasteiger partial charge in [0.05, 0.1) is 6.85 Å². The Balaban J connectivity index is 0.00000752. The van der Waals surface area contributed by atoms with Crippen LogP contribution in [-0.4, -0.2) is 9.55 Å². The van der Waals surface area contributed by atoms with Crippen molar-refractivity contribution >= 4 is 66.5 Å². The van der Waals surface area contributed by atoms with Gasteiger partial charge in [0.2, 0.25) is 0 Å². The zero-order valence-electron chi connectivity index (χ0n) is 53.5. The molecule has 8 aromatic carbocycles. The maximum Gasteiger partial charge on any atom is 0.135 e. The molecule has 1 aliphatic rings. The first-order valence-electron chi connectivity index (χ1n) is 29.9. The summed E-state index contributed by atoms with van der Waals surface area (Å²) in [5.74, 6) is 1.74. The van der Waals surface area contributed by atoms with Gasteiger partial charge in [0.15, 0.2) is 0 Å². The summed E-state index contributed by atoms with van der Waals surface area (Å²) in [5.41, 5.74) is 15.5. The fraction of sp³-hybridized carbons (Fsp3) is 0.260. The van der Waals surface area contributed by atoms with Gasteiger partial charge in [-0.05, 0) is 135 Å². The summed E-state index contributed by atoms with van der Waals surface area (Å²) in [6, 6.07) is 45.7. The van der Waals surface area contributed by atoms with E-state index in [1.165, 1.54) is 11.1 Å². The van der Waals surface area contributed by atoms with Gasteiger partial charge in [-0.2, -0.15) is 6.07 Å². The molecular formula is C73H71N4O2Pt-3. The Kier molecular flexibility index (Phi) is 11.9. The first kappa shape index (κ1) is 48.5. The minimum absolute atomic E-state index is 0. The zero-order valence-corrected chi connectivity index (χ0v) is 50.8. The number of ether oxygens (including phenoxy) is 1. The molecular weight excluding hydrogens is 1160 g/mol. The number of pyridine rings is 1. The van der Waals surface area contributed by atoms with Gasteiger partial charge in [0, 0.05) is 83.2 Å². The van der Waals surface area contributed by atoms with Crippen molar-refractivity contribution in [1.82, 2.24) is 9.55 Å². The van der Waals surface area contributed by atoms with Crippen LogP contribution in [0.1, 0.15) is 129 Å². The quantitative estimate of drug-likeness (QED) is 0.149. The molecule has 0 bridgehead atoms. The van der Waals surface area contributed by atoms with Gasteiger partial charge in [-0.1, -0.05) is 173 Å².